The molecule has 2 saturated heterocycles. The van der Waals surface area contributed by atoms with Crippen molar-refractivity contribution in [1.82, 2.24) is 54.6 Å². The van der Waals surface area contributed by atoms with Gasteiger partial charge in [0.05, 0.1) is 10.0 Å². The van der Waals surface area contributed by atoms with E-state index in [4.69, 9.17) is 41.9 Å². The van der Waals surface area contributed by atoms with E-state index in [0.717, 1.165) is 12.8 Å². The predicted molar refractivity (Wildman–Crippen MR) is 222 cm³/mol. The summed E-state index contributed by atoms with van der Waals surface area (Å²) in [7, 11) is 5.12. The smallest absolute Gasteiger partial charge is 0.362 e. The van der Waals surface area contributed by atoms with Gasteiger partial charge in [0.1, 0.15) is 30.3 Å². The number of fused-ring (bicyclic) bond motifs is 4. The van der Waals surface area contributed by atoms with Crippen LogP contribution in [0, 0.1) is 11.8 Å². The number of likely N-dealkylation sites (tertiary alicyclic amines) is 2. The van der Waals surface area contributed by atoms with Gasteiger partial charge >= 0.3 is 18.5 Å². The molecule has 0 spiro atoms. The molecule has 2 aliphatic carbocycles. The number of urea groups is 2. The number of rotatable bonds is 9. The first kappa shape index (κ1) is 40.2. The van der Waals surface area contributed by atoms with E-state index >= 15 is 0 Å². The lowest BCUT2D eigenvalue weighted by Crippen LogP contribution is -2.70. The molecule has 21 heteroatoms. The van der Waals surface area contributed by atoms with Gasteiger partial charge in [0.2, 0.25) is 11.8 Å². The molecule has 7 atom stereocenters. The van der Waals surface area contributed by atoms with E-state index in [1.807, 2.05) is 14.5 Å². The quantitative estimate of drug-likeness (QED) is 0.150. The molecule has 19 nitrogen and oxygen atoms in total. The number of benzene rings is 2. The number of ether oxygens (including phenoxy) is 1. The van der Waals surface area contributed by atoms with Crippen molar-refractivity contribution in [2.24, 2.45) is 25.9 Å². The summed E-state index contributed by atoms with van der Waals surface area (Å²) in [5, 5.41) is 29.8. The van der Waals surface area contributed by atoms with E-state index in [1.54, 1.807) is 86.0 Å². The minimum atomic E-state index is -0.894. The molecule has 10 rings (SSSR count). The van der Waals surface area contributed by atoms with Crippen LogP contribution in [0.25, 0.3) is 22.8 Å². The number of methoxy groups -OCH3 is 1. The average molecular weight is 885 g/mol. The van der Waals surface area contributed by atoms with Gasteiger partial charge < -0.3 is 34.0 Å². The van der Waals surface area contributed by atoms with Crippen molar-refractivity contribution in [1.29, 1.82) is 0 Å². The molecular weight excluding hydrogens is 839 g/mol. The molecule has 2 saturated carbocycles. The zero-order valence-electron chi connectivity index (χ0n) is 34.7. The number of amides is 4. The molecule has 4 aliphatic rings. The standard InChI is InChI=1S/C41H44Cl2N14O5/c1-22-10-26-16-40(14-22,56(26)38(58)46-24-6-8-30(42)28(11-24)34-44-19-53(3)50-34)37-52-55(21-61-37)32-13-27-17-41(15-23(32)2,36-49-48-33(62-36)18-60-5)57(27)39(59)47-25-7-9-31(43)29(12-25)35-45-20-54(4)51-35/h6-9,11-12,19-23,26-27,32H,10,13-18H2,1-5H3,(H-,46,47,58,59)/p+1/t22-,23?,26-,27?,32?,40+,41?/m0/s1. The summed E-state index contributed by atoms with van der Waals surface area (Å²) in [6.07, 6.45) is 8.84. The maximum absolute atomic E-state index is 14.5. The minimum Gasteiger partial charge on any atom is -0.420 e. The third-order valence-electron chi connectivity index (χ3n) is 12.9. The predicted octanol–water partition coefficient (Wildman–Crippen LogP) is 6.49. The zero-order chi connectivity index (χ0) is 43.1. The van der Waals surface area contributed by atoms with E-state index in [9.17, 15) is 9.59 Å². The van der Waals surface area contributed by atoms with Gasteiger partial charge in [0.15, 0.2) is 17.7 Å². The van der Waals surface area contributed by atoms with E-state index in [0.29, 0.717) is 93.5 Å². The summed E-state index contributed by atoms with van der Waals surface area (Å²) in [5.41, 5.74) is 0.680. The van der Waals surface area contributed by atoms with Gasteiger partial charge in [0, 0.05) is 86.1 Å². The Balaban J connectivity index is 0.922. The second-order valence-corrected chi connectivity index (χ2v) is 18.0. The van der Waals surface area contributed by atoms with E-state index in [1.165, 1.54) is 0 Å². The Bertz CT molecular complexity index is 2700. The van der Waals surface area contributed by atoms with Gasteiger partial charge in [-0.15, -0.1) is 10.2 Å². The van der Waals surface area contributed by atoms with Gasteiger partial charge in [0.25, 0.3) is 5.89 Å². The van der Waals surface area contributed by atoms with Crippen LogP contribution in [0.4, 0.5) is 21.0 Å². The third-order valence-corrected chi connectivity index (χ3v) is 13.6. The SMILES string of the molecule is COCc1nnc(C23CC(C)C([n+]4coc([C@@]56C[C@@H](C)C[C@@H](C5)N6C(=O)Nc5ccc(Cl)c(-c6ncn(C)n6)c5)n4)CC(C2)N3C(=O)Nc2ccc(Cl)c(-c3ncn(C)n3)c2)o1. The summed E-state index contributed by atoms with van der Waals surface area (Å²) < 4.78 is 22.9. The van der Waals surface area contributed by atoms with Crippen LogP contribution in [0.5, 0.6) is 0 Å². The molecule has 2 N–H and O–H groups in total. The fourth-order valence-electron chi connectivity index (χ4n) is 10.4. The number of nitrogens with one attached hydrogen (secondary N) is 2. The summed E-state index contributed by atoms with van der Waals surface area (Å²) in [4.78, 5) is 41.2. The largest absolute Gasteiger partial charge is 0.420 e. The maximum atomic E-state index is 14.5. The Hall–Kier alpha value is -5.92. The van der Waals surface area contributed by atoms with E-state index in [-0.39, 0.29) is 42.7 Å². The van der Waals surface area contributed by atoms with Gasteiger partial charge in [-0.1, -0.05) is 41.7 Å². The highest BCUT2D eigenvalue weighted by Crippen LogP contribution is 2.57. The van der Waals surface area contributed by atoms with Crippen molar-refractivity contribution < 1.29 is 27.8 Å². The number of carbonyl (C=O) groups is 2. The summed E-state index contributed by atoms with van der Waals surface area (Å²) in [5.74, 6) is 2.39. The molecule has 6 heterocycles. The first-order valence-electron chi connectivity index (χ1n) is 20.5. The monoisotopic (exact) mass is 883 g/mol. The van der Waals surface area contributed by atoms with Crippen molar-refractivity contribution in [2.75, 3.05) is 17.7 Å². The number of piperidine rings is 1. The van der Waals surface area contributed by atoms with Crippen LogP contribution < -0.4 is 15.3 Å². The lowest BCUT2D eigenvalue weighted by Gasteiger charge is -2.60. The zero-order valence-corrected chi connectivity index (χ0v) is 36.2. The number of anilines is 2. The number of halogens is 2. The van der Waals surface area contributed by atoms with Crippen LogP contribution in [0.2, 0.25) is 10.0 Å². The van der Waals surface area contributed by atoms with Gasteiger partial charge in [-0.3, -0.25) is 9.36 Å². The Kier molecular flexibility index (Phi) is 9.82. The Morgan fingerprint density at radius 3 is 1.97 bits per heavy atom. The fourth-order valence-corrected chi connectivity index (χ4v) is 10.8. The Morgan fingerprint density at radius 1 is 0.823 bits per heavy atom. The van der Waals surface area contributed by atoms with Gasteiger partial charge in [-0.2, -0.15) is 10.2 Å². The van der Waals surface area contributed by atoms with E-state index in [2.05, 4.69) is 54.8 Å². The molecule has 6 aromatic rings. The highest BCUT2D eigenvalue weighted by molar-refractivity contribution is 6.33. The summed E-state index contributed by atoms with van der Waals surface area (Å²) in [6.45, 7) is 4.49. The van der Waals surface area contributed by atoms with Crippen LogP contribution >= 0.6 is 23.2 Å². The van der Waals surface area contributed by atoms with Crippen molar-refractivity contribution in [2.45, 2.75) is 88.2 Å². The molecule has 0 radical (unpaired) electrons. The highest BCUT2D eigenvalue weighted by Gasteiger charge is 2.65. The first-order valence-corrected chi connectivity index (χ1v) is 21.3. The van der Waals surface area contributed by atoms with Crippen LogP contribution in [0.15, 0.2) is 64.3 Å². The maximum Gasteiger partial charge on any atom is 0.362 e. The topological polar surface area (TPSA) is 204 Å². The van der Waals surface area contributed by atoms with E-state index < -0.39 is 11.1 Å². The summed E-state index contributed by atoms with van der Waals surface area (Å²) in [6, 6.07) is 9.58. The van der Waals surface area contributed by atoms with Crippen LogP contribution in [0.3, 0.4) is 0 Å². The Labute approximate surface area is 365 Å². The van der Waals surface area contributed by atoms with Crippen molar-refractivity contribution >= 4 is 46.6 Å². The molecule has 2 aliphatic heterocycles. The lowest BCUT2D eigenvalue weighted by atomic mass is 9.64. The molecule has 4 aromatic heterocycles. The first-order chi connectivity index (χ1) is 29.8. The van der Waals surface area contributed by atoms with Gasteiger partial charge in [-0.05, 0) is 61.6 Å². The number of hydrogen-bond acceptors (Lipinski definition) is 12. The number of aromatic nitrogens is 10. The Morgan fingerprint density at radius 2 is 1.40 bits per heavy atom. The molecule has 4 bridgehead atoms. The van der Waals surface area contributed by atoms with Crippen LogP contribution in [-0.2, 0) is 36.5 Å². The number of nitrogens with zero attached hydrogens (tertiary/aromatic N) is 12. The van der Waals surface area contributed by atoms with Crippen molar-refractivity contribution in [3.8, 4) is 22.8 Å². The molecule has 4 amide bonds. The number of hydrogen-bond donors (Lipinski definition) is 2. The molecular formula is C41H45Cl2N14O5+. The third kappa shape index (κ3) is 6.68. The summed E-state index contributed by atoms with van der Waals surface area (Å²) >= 11 is 13.1. The fraction of sp³-hybridized carbons (Fsp3) is 0.463. The number of aryl methyl sites for hydroxylation is 2. The molecule has 2 aromatic carbocycles. The minimum absolute atomic E-state index is 0.0219. The second kappa shape index (κ2) is 15.2. The second-order valence-electron chi connectivity index (χ2n) is 17.2. The van der Waals surface area contributed by atoms with Crippen molar-refractivity contribution in [3.05, 3.63) is 83.2 Å². The molecule has 4 unspecified atom stereocenters. The van der Waals surface area contributed by atoms with Gasteiger partial charge in [-0.25, -0.2) is 19.6 Å². The van der Waals surface area contributed by atoms with Crippen LogP contribution in [-0.4, -0.2) is 85.9 Å². The number of carbonyl (C=O) groups excluding carboxylic acids is 2. The van der Waals surface area contributed by atoms with Crippen molar-refractivity contribution in [3.63, 3.8) is 0 Å². The molecule has 62 heavy (non-hydrogen) atoms. The van der Waals surface area contributed by atoms with Crippen LogP contribution in [0.1, 0.15) is 76.1 Å². The molecule has 322 valence electrons. The highest BCUT2D eigenvalue weighted by atomic mass is 35.5. The average Bonchev–Trinajstić information content (AvgIpc) is 4.05. The normalized spacial score (nSPS) is 26.4. The molecule has 4 fully saturated rings. The lowest BCUT2D eigenvalue weighted by molar-refractivity contribution is -0.784.